The van der Waals surface area contributed by atoms with Crippen LogP contribution in [-0.2, 0) is 0 Å². The SMILES string of the molecule is INc1ccc2[nH]ccc2c1. The van der Waals surface area contributed by atoms with Gasteiger partial charge in [0.1, 0.15) is 0 Å². The molecule has 0 bridgehead atoms. The van der Waals surface area contributed by atoms with E-state index in [1.165, 1.54) is 10.9 Å². The molecule has 11 heavy (non-hydrogen) atoms. The summed E-state index contributed by atoms with van der Waals surface area (Å²) in [6.07, 6.45) is 1.95. The van der Waals surface area contributed by atoms with E-state index in [2.05, 4.69) is 49.6 Å². The minimum atomic E-state index is 1.14. The molecule has 56 valence electrons. The van der Waals surface area contributed by atoms with Crippen molar-refractivity contribution in [2.45, 2.75) is 0 Å². The van der Waals surface area contributed by atoms with Gasteiger partial charge in [-0.1, -0.05) is 0 Å². The number of benzene rings is 1. The highest BCUT2D eigenvalue weighted by Gasteiger charge is 1.93. The van der Waals surface area contributed by atoms with E-state index >= 15 is 0 Å². The highest BCUT2D eigenvalue weighted by atomic mass is 127. The second kappa shape index (κ2) is 2.73. The molecule has 1 aromatic carbocycles. The van der Waals surface area contributed by atoms with Crippen LogP contribution < -0.4 is 3.53 Å². The first-order chi connectivity index (χ1) is 5.40. The molecule has 0 aliphatic carbocycles. The third kappa shape index (κ3) is 1.20. The maximum atomic E-state index is 3.14. The van der Waals surface area contributed by atoms with Crippen LogP contribution >= 0.6 is 22.9 Å². The number of hydrogen-bond donors (Lipinski definition) is 2. The molecule has 0 spiro atoms. The van der Waals surface area contributed by atoms with Gasteiger partial charge < -0.3 is 8.51 Å². The van der Waals surface area contributed by atoms with Crippen LogP contribution in [0.5, 0.6) is 0 Å². The maximum absolute atomic E-state index is 3.14. The highest BCUT2D eigenvalue weighted by molar-refractivity contribution is 14.1. The molecule has 2 aromatic rings. The zero-order valence-corrected chi connectivity index (χ0v) is 7.92. The number of aromatic nitrogens is 1. The van der Waals surface area contributed by atoms with Crippen LogP contribution in [0.4, 0.5) is 5.69 Å². The molecule has 2 nitrogen and oxygen atoms in total. The number of H-pyrrole nitrogens is 1. The summed E-state index contributed by atoms with van der Waals surface area (Å²) in [5.41, 5.74) is 2.32. The van der Waals surface area contributed by atoms with Crippen LogP contribution in [0.25, 0.3) is 10.9 Å². The molecule has 3 heteroatoms. The van der Waals surface area contributed by atoms with Crippen molar-refractivity contribution in [3.05, 3.63) is 30.5 Å². The van der Waals surface area contributed by atoms with E-state index in [0.717, 1.165) is 5.69 Å². The van der Waals surface area contributed by atoms with E-state index in [9.17, 15) is 0 Å². The number of halogens is 1. The lowest BCUT2D eigenvalue weighted by Crippen LogP contribution is -1.76. The average molecular weight is 258 g/mol. The summed E-state index contributed by atoms with van der Waals surface area (Å²) in [7, 11) is 0. The Morgan fingerprint density at radius 2 is 2.18 bits per heavy atom. The molecule has 2 rings (SSSR count). The topological polar surface area (TPSA) is 27.8 Å². The zero-order chi connectivity index (χ0) is 7.68. The lowest BCUT2D eigenvalue weighted by molar-refractivity contribution is 1.48. The summed E-state index contributed by atoms with van der Waals surface area (Å²) in [5.74, 6) is 0. The Kier molecular flexibility index (Phi) is 1.73. The normalized spacial score (nSPS) is 10.3. The standard InChI is InChI=1S/C8H7IN2/c9-11-7-1-2-8-6(5-7)3-4-10-8/h1-5,10-11H. The molecule has 2 N–H and O–H groups in total. The molecular weight excluding hydrogens is 251 g/mol. The molecule has 0 atom stereocenters. The van der Waals surface area contributed by atoms with Crippen LogP contribution in [0.3, 0.4) is 0 Å². The smallest absolute Gasteiger partial charge is 0.0560 e. The van der Waals surface area contributed by atoms with Gasteiger partial charge in [0.15, 0.2) is 0 Å². The Balaban J connectivity index is 2.67. The van der Waals surface area contributed by atoms with Crippen LogP contribution in [0.1, 0.15) is 0 Å². The number of rotatable bonds is 1. The Morgan fingerprint density at radius 3 is 3.00 bits per heavy atom. The average Bonchev–Trinajstić information content (AvgIpc) is 2.50. The van der Waals surface area contributed by atoms with Crippen LogP contribution in [-0.4, -0.2) is 4.98 Å². The molecule has 0 amide bonds. The van der Waals surface area contributed by atoms with Crippen molar-refractivity contribution in [2.75, 3.05) is 3.53 Å². The largest absolute Gasteiger partial charge is 0.361 e. The van der Waals surface area contributed by atoms with Gasteiger partial charge in [-0.15, -0.1) is 0 Å². The number of hydrogen-bond acceptors (Lipinski definition) is 1. The summed E-state index contributed by atoms with van der Waals surface area (Å²) in [4.78, 5) is 3.14. The third-order valence-electron chi connectivity index (χ3n) is 1.66. The quantitative estimate of drug-likeness (QED) is 0.597. The van der Waals surface area contributed by atoms with Gasteiger partial charge in [0.05, 0.1) is 22.9 Å². The molecule has 0 saturated heterocycles. The highest BCUT2D eigenvalue weighted by Crippen LogP contribution is 2.18. The molecule has 0 saturated carbocycles. The van der Waals surface area contributed by atoms with Crippen LogP contribution in [0, 0.1) is 0 Å². The van der Waals surface area contributed by atoms with Gasteiger partial charge in [-0.25, -0.2) is 0 Å². The first-order valence-corrected chi connectivity index (χ1v) is 4.42. The zero-order valence-electron chi connectivity index (χ0n) is 5.76. The van der Waals surface area contributed by atoms with E-state index in [1.807, 2.05) is 12.3 Å². The lowest BCUT2D eigenvalue weighted by Gasteiger charge is -1.96. The fourth-order valence-electron chi connectivity index (χ4n) is 1.11. The second-order valence-corrected chi connectivity index (χ2v) is 2.91. The van der Waals surface area contributed by atoms with Crippen molar-refractivity contribution in [3.63, 3.8) is 0 Å². The fourth-order valence-corrected chi connectivity index (χ4v) is 1.45. The molecule has 0 aliphatic heterocycles. The molecule has 1 heterocycles. The summed E-state index contributed by atoms with van der Waals surface area (Å²) < 4.78 is 3.06. The fraction of sp³-hybridized carbons (Fsp3) is 0. The van der Waals surface area contributed by atoms with E-state index < -0.39 is 0 Å². The van der Waals surface area contributed by atoms with Gasteiger partial charge in [-0.05, 0) is 24.3 Å². The van der Waals surface area contributed by atoms with Crippen molar-refractivity contribution in [1.82, 2.24) is 4.98 Å². The maximum Gasteiger partial charge on any atom is 0.0560 e. The Labute approximate surface area is 78.5 Å². The molecule has 0 unspecified atom stereocenters. The molecule has 0 aliphatic rings. The van der Waals surface area contributed by atoms with E-state index in [4.69, 9.17) is 0 Å². The van der Waals surface area contributed by atoms with E-state index in [1.54, 1.807) is 0 Å². The third-order valence-corrected chi connectivity index (χ3v) is 2.29. The minimum Gasteiger partial charge on any atom is -0.361 e. The van der Waals surface area contributed by atoms with Crippen molar-refractivity contribution < 1.29 is 0 Å². The number of nitrogens with one attached hydrogen (secondary N) is 2. The Bertz CT molecular complexity index is 367. The minimum absolute atomic E-state index is 1.14. The Morgan fingerprint density at radius 1 is 1.27 bits per heavy atom. The van der Waals surface area contributed by atoms with Gasteiger partial charge in [-0.2, -0.15) is 0 Å². The predicted octanol–water partition coefficient (Wildman–Crippen LogP) is 2.93. The molecule has 0 fully saturated rings. The van der Waals surface area contributed by atoms with Gasteiger partial charge in [0.2, 0.25) is 0 Å². The Hall–Kier alpha value is -0.710. The van der Waals surface area contributed by atoms with E-state index in [-0.39, 0.29) is 0 Å². The van der Waals surface area contributed by atoms with Gasteiger partial charge in [-0.3, -0.25) is 0 Å². The van der Waals surface area contributed by atoms with Crippen molar-refractivity contribution >= 4 is 39.5 Å². The van der Waals surface area contributed by atoms with Crippen LogP contribution in [0.2, 0.25) is 0 Å². The summed E-state index contributed by atoms with van der Waals surface area (Å²) >= 11 is 2.12. The number of fused-ring (bicyclic) bond motifs is 1. The van der Waals surface area contributed by atoms with Crippen molar-refractivity contribution in [2.24, 2.45) is 0 Å². The molecular formula is C8H7IN2. The summed E-state index contributed by atoms with van der Waals surface area (Å²) in [6.45, 7) is 0. The first kappa shape index (κ1) is 6.97. The van der Waals surface area contributed by atoms with Crippen molar-refractivity contribution in [3.8, 4) is 0 Å². The van der Waals surface area contributed by atoms with Gasteiger partial charge >= 0.3 is 0 Å². The lowest BCUT2D eigenvalue weighted by atomic mass is 10.2. The van der Waals surface area contributed by atoms with Crippen molar-refractivity contribution in [1.29, 1.82) is 0 Å². The number of anilines is 1. The van der Waals surface area contributed by atoms with Crippen LogP contribution in [0.15, 0.2) is 30.5 Å². The monoisotopic (exact) mass is 258 g/mol. The first-order valence-electron chi connectivity index (χ1n) is 3.34. The van der Waals surface area contributed by atoms with Gasteiger partial charge in [0.25, 0.3) is 0 Å². The number of aromatic amines is 1. The van der Waals surface area contributed by atoms with E-state index in [0.29, 0.717) is 0 Å². The summed E-state index contributed by atoms with van der Waals surface area (Å²) in [6, 6.07) is 8.28. The molecule has 1 aromatic heterocycles. The molecule has 0 radical (unpaired) electrons. The second-order valence-electron chi connectivity index (χ2n) is 2.37. The predicted molar refractivity (Wildman–Crippen MR) is 55.9 cm³/mol. The summed E-state index contributed by atoms with van der Waals surface area (Å²) in [5, 5.41) is 1.24. The van der Waals surface area contributed by atoms with Gasteiger partial charge in [0, 0.05) is 22.8 Å².